The van der Waals surface area contributed by atoms with Gasteiger partial charge >= 0.3 is 5.97 Å². The van der Waals surface area contributed by atoms with Crippen LogP contribution >= 0.6 is 0 Å². The van der Waals surface area contributed by atoms with E-state index in [1.54, 1.807) is 0 Å². The number of carboxylic acid groups (broad SMARTS) is 1. The van der Waals surface area contributed by atoms with Crippen molar-refractivity contribution in [2.45, 2.75) is 20.3 Å². The quantitative estimate of drug-likeness (QED) is 0.784. The van der Waals surface area contributed by atoms with Crippen LogP contribution in [-0.2, 0) is 4.79 Å². The van der Waals surface area contributed by atoms with Crippen molar-refractivity contribution in [3.8, 4) is 11.8 Å². The molecule has 0 unspecified atom stereocenters. The third-order valence-electron chi connectivity index (χ3n) is 2.34. The maximum absolute atomic E-state index is 10.7. The Morgan fingerprint density at radius 2 is 2.11 bits per heavy atom. The van der Waals surface area contributed by atoms with Crippen LogP contribution in [0.2, 0.25) is 0 Å². The molecule has 3 heteroatoms. The van der Waals surface area contributed by atoms with Gasteiger partial charge in [-0.1, -0.05) is 43.9 Å². The lowest BCUT2D eigenvalue weighted by atomic mass is 9.89. The first-order valence-corrected chi connectivity index (χ1v) is 5.75. The van der Waals surface area contributed by atoms with Crippen LogP contribution in [0.15, 0.2) is 30.3 Å². The van der Waals surface area contributed by atoms with Gasteiger partial charge < -0.3 is 10.4 Å². The lowest BCUT2D eigenvalue weighted by molar-refractivity contribution is -0.136. The van der Waals surface area contributed by atoms with Gasteiger partial charge in [-0.2, -0.15) is 0 Å². The molecule has 0 saturated heterocycles. The second-order valence-corrected chi connectivity index (χ2v) is 4.79. The second kappa shape index (κ2) is 6.83. The summed E-state index contributed by atoms with van der Waals surface area (Å²) in [6.45, 7) is 1.65. The maximum Gasteiger partial charge on any atom is 0.317 e. The first kappa shape index (κ1) is 11.3. The summed E-state index contributed by atoms with van der Waals surface area (Å²) in [6.07, 6.45) is 0.546. The molecular weight excluding hydrogens is 226 g/mol. The molecule has 0 saturated carbocycles. The van der Waals surface area contributed by atoms with Gasteiger partial charge in [-0.15, -0.1) is 0 Å². The van der Waals surface area contributed by atoms with Crippen LogP contribution in [0.4, 0.5) is 0 Å². The van der Waals surface area contributed by atoms with E-state index in [1.807, 2.05) is 44.2 Å². The standard InChI is InChI=1S/C15H19NO2/c1-15(2,12-16-11-14(17)18)10-6-9-13-7-4-3-5-8-13/h3-5,7-8,16H,10-12H2,1-2H3,(H,17,18)/i11D2. The fourth-order valence-electron chi connectivity index (χ4n) is 1.33. The Hall–Kier alpha value is -1.79. The fourth-order valence-corrected chi connectivity index (χ4v) is 1.33. The highest BCUT2D eigenvalue weighted by molar-refractivity contribution is 5.68. The summed E-state index contributed by atoms with van der Waals surface area (Å²) in [7, 11) is 0. The van der Waals surface area contributed by atoms with E-state index >= 15 is 0 Å². The Morgan fingerprint density at radius 3 is 2.72 bits per heavy atom. The monoisotopic (exact) mass is 247 g/mol. The lowest BCUT2D eigenvalue weighted by Crippen LogP contribution is -2.32. The third kappa shape index (κ3) is 6.07. The number of aliphatic carboxylic acids is 1. The molecule has 0 aliphatic carbocycles. The minimum absolute atomic E-state index is 0.232. The molecule has 1 aromatic rings. The minimum Gasteiger partial charge on any atom is -0.480 e. The molecule has 1 aromatic carbocycles. The smallest absolute Gasteiger partial charge is 0.317 e. The molecule has 0 spiro atoms. The van der Waals surface area contributed by atoms with E-state index in [1.165, 1.54) is 0 Å². The molecular formula is C15H19NO2. The number of hydrogen-bond acceptors (Lipinski definition) is 2. The number of carboxylic acids is 1. The highest BCUT2D eigenvalue weighted by Gasteiger charge is 2.16. The molecule has 0 amide bonds. The zero-order chi connectivity index (χ0) is 15.2. The average Bonchev–Trinajstić information content (AvgIpc) is 2.38. The van der Waals surface area contributed by atoms with Gasteiger partial charge in [0.2, 0.25) is 0 Å². The predicted molar refractivity (Wildman–Crippen MR) is 72.2 cm³/mol. The van der Waals surface area contributed by atoms with Gasteiger partial charge in [-0.05, 0) is 17.5 Å². The van der Waals surface area contributed by atoms with E-state index in [-0.39, 0.29) is 12.0 Å². The van der Waals surface area contributed by atoms with Crippen LogP contribution in [0.3, 0.4) is 0 Å². The van der Waals surface area contributed by atoms with Crippen molar-refractivity contribution in [3.05, 3.63) is 35.9 Å². The Labute approximate surface area is 111 Å². The maximum atomic E-state index is 10.7. The largest absolute Gasteiger partial charge is 0.480 e. The Balaban J connectivity index is 2.54. The summed E-state index contributed by atoms with van der Waals surface area (Å²) < 4.78 is 14.6. The van der Waals surface area contributed by atoms with Crippen LogP contribution in [0.1, 0.15) is 28.6 Å². The van der Waals surface area contributed by atoms with Crippen molar-refractivity contribution in [3.63, 3.8) is 0 Å². The number of benzene rings is 1. The van der Waals surface area contributed by atoms with Crippen molar-refractivity contribution < 1.29 is 12.6 Å². The van der Waals surface area contributed by atoms with E-state index in [2.05, 4.69) is 17.2 Å². The summed E-state index contributed by atoms with van der Waals surface area (Å²) in [5.41, 5.74) is 0.613. The van der Waals surface area contributed by atoms with E-state index < -0.39 is 12.5 Å². The molecule has 0 aromatic heterocycles. The summed E-state index contributed by atoms with van der Waals surface area (Å²) in [6, 6.07) is 9.59. The zero-order valence-electron chi connectivity index (χ0n) is 12.7. The van der Waals surface area contributed by atoms with Crippen LogP contribution in [0.25, 0.3) is 0 Å². The third-order valence-corrected chi connectivity index (χ3v) is 2.34. The molecule has 0 aliphatic rings. The number of hydrogen-bond donors (Lipinski definition) is 2. The van der Waals surface area contributed by atoms with Crippen molar-refractivity contribution in [1.82, 2.24) is 5.32 Å². The van der Waals surface area contributed by atoms with Gasteiger partial charge in [0, 0.05) is 18.5 Å². The summed E-state index contributed by atoms with van der Waals surface area (Å²) >= 11 is 0. The molecule has 96 valence electrons. The van der Waals surface area contributed by atoms with Crippen LogP contribution < -0.4 is 5.32 Å². The van der Waals surface area contributed by atoms with Gasteiger partial charge in [0.1, 0.15) is 0 Å². The van der Waals surface area contributed by atoms with Gasteiger partial charge in [-0.3, -0.25) is 4.79 Å². The van der Waals surface area contributed by atoms with Crippen LogP contribution in [0.5, 0.6) is 0 Å². The number of rotatable bonds is 5. The first-order chi connectivity index (χ1) is 9.23. The van der Waals surface area contributed by atoms with Crippen LogP contribution in [-0.4, -0.2) is 24.1 Å². The number of carbonyl (C=O) groups is 1. The predicted octanol–water partition coefficient (Wildman–Crippen LogP) is 2.13. The molecule has 18 heavy (non-hydrogen) atoms. The van der Waals surface area contributed by atoms with Gasteiger partial charge in [0.15, 0.2) is 0 Å². The topological polar surface area (TPSA) is 49.3 Å². The van der Waals surface area contributed by atoms with Gasteiger partial charge in [-0.25, -0.2) is 0 Å². The van der Waals surface area contributed by atoms with E-state index in [0.717, 1.165) is 5.56 Å². The summed E-state index contributed by atoms with van der Waals surface area (Å²) in [4.78, 5) is 10.7. The molecule has 0 aliphatic heterocycles. The van der Waals surface area contributed by atoms with Crippen molar-refractivity contribution in [2.75, 3.05) is 13.0 Å². The highest BCUT2D eigenvalue weighted by atomic mass is 16.4. The Kier molecular flexibility index (Phi) is 4.29. The summed E-state index contributed by atoms with van der Waals surface area (Å²) in [5.74, 6) is 4.57. The van der Waals surface area contributed by atoms with E-state index in [4.69, 9.17) is 7.85 Å². The molecule has 0 heterocycles. The zero-order valence-corrected chi connectivity index (χ0v) is 10.7. The molecule has 0 bridgehead atoms. The number of nitrogens with one attached hydrogen (secondary N) is 1. The Morgan fingerprint density at radius 1 is 1.44 bits per heavy atom. The Bertz CT molecular complexity index is 516. The van der Waals surface area contributed by atoms with E-state index in [0.29, 0.717) is 6.42 Å². The van der Waals surface area contributed by atoms with E-state index in [9.17, 15) is 4.79 Å². The fraction of sp³-hybridized carbons (Fsp3) is 0.400. The van der Waals surface area contributed by atoms with Crippen LogP contribution in [0, 0.1) is 17.3 Å². The SMILES string of the molecule is [2H]C([2H])(NCC(C)(C)CC#Cc1ccccc1)C(=O)O. The normalized spacial score (nSPS) is 13.0. The van der Waals surface area contributed by atoms with Gasteiger partial charge in [0.25, 0.3) is 0 Å². The molecule has 1 rings (SSSR count). The average molecular weight is 247 g/mol. The lowest BCUT2D eigenvalue weighted by Gasteiger charge is -2.21. The first-order valence-electron chi connectivity index (χ1n) is 6.75. The molecule has 0 radical (unpaired) electrons. The molecule has 0 fully saturated rings. The molecule has 3 nitrogen and oxygen atoms in total. The van der Waals surface area contributed by atoms with Crippen molar-refractivity contribution >= 4 is 5.97 Å². The highest BCUT2D eigenvalue weighted by Crippen LogP contribution is 2.17. The van der Waals surface area contributed by atoms with Gasteiger partial charge in [0.05, 0.1) is 9.24 Å². The molecule has 0 atom stereocenters. The van der Waals surface area contributed by atoms with Crippen molar-refractivity contribution in [1.29, 1.82) is 0 Å². The summed E-state index contributed by atoms with van der Waals surface area (Å²) in [5, 5.41) is 11.1. The minimum atomic E-state index is -2.41. The second-order valence-electron chi connectivity index (χ2n) is 4.79. The molecule has 2 N–H and O–H groups in total. The van der Waals surface area contributed by atoms with Crippen molar-refractivity contribution in [2.24, 2.45) is 5.41 Å².